The van der Waals surface area contributed by atoms with Gasteiger partial charge in [0, 0.05) is 57.8 Å². The predicted molar refractivity (Wildman–Crippen MR) is 180 cm³/mol. The zero-order valence-corrected chi connectivity index (χ0v) is 31.3. The van der Waals surface area contributed by atoms with Crippen molar-refractivity contribution in [2.75, 3.05) is 61.0 Å². The van der Waals surface area contributed by atoms with Crippen LogP contribution in [-0.2, 0) is 33.3 Å². The zero-order chi connectivity index (χ0) is 35.6. The maximum atomic E-state index is 14.3. The lowest BCUT2D eigenvalue weighted by Crippen LogP contribution is -2.59. The van der Waals surface area contributed by atoms with Crippen LogP contribution in [0.5, 0.6) is 0 Å². The Morgan fingerprint density at radius 3 is 2.17 bits per heavy atom. The van der Waals surface area contributed by atoms with E-state index in [-0.39, 0.29) is 29.8 Å². The van der Waals surface area contributed by atoms with Crippen LogP contribution in [-0.4, -0.2) is 158 Å². The molecule has 272 valence electrons. The number of amides is 1. The summed E-state index contributed by atoms with van der Waals surface area (Å²) in [7, 11) is 7.30. The summed E-state index contributed by atoms with van der Waals surface area (Å²) in [6, 6.07) is -0.537. The van der Waals surface area contributed by atoms with Crippen molar-refractivity contribution >= 4 is 17.7 Å². The van der Waals surface area contributed by atoms with Crippen LogP contribution in [0.4, 0.5) is 0 Å². The number of piperazine rings is 1. The molecule has 0 aromatic carbocycles. The normalized spacial score (nSPS) is 38.9. The summed E-state index contributed by atoms with van der Waals surface area (Å²) in [4.78, 5) is 50.4. The Balaban J connectivity index is 2.00. The largest absolute Gasteiger partial charge is 0.460 e. The van der Waals surface area contributed by atoms with Gasteiger partial charge in [-0.2, -0.15) is 0 Å². The van der Waals surface area contributed by atoms with E-state index in [1.54, 1.807) is 34.8 Å². The molecule has 0 aromatic heterocycles. The number of nitrogens with zero attached hydrogens (tertiary/aromatic N) is 4. The van der Waals surface area contributed by atoms with Crippen LogP contribution in [0.25, 0.3) is 0 Å². The lowest BCUT2D eigenvalue weighted by molar-refractivity contribution is -0.295. The number of hydrogen-bond acceptors (Lipinski definition) is 11. The van der Waals surface area contributed by atoms with Crippen LogP contribution in [0.15, 0.2) is 0 Å². The van der Waals surface area contributed by atoms with Crippen molar-refractivity contribution in [3.05, 3.63) is 0 Å². The fraction of sp³-hybridized carbons (Fsp3) is 0.914. The van der Waals surface area contributed by atoms with Gasteiger partial charge in [0.15, 0.2) is 12.1 Å². The number of cyclic esters (lactones) is 1. The lowest BCUT2D eigenvalue weighted by Gasteiger charge is -2.47. The summed E-state index contributed by atoms with van der Waals surface area (Å²) in [6.45, 7) is 20.1. The molecule has 3 aliphatic rings. The molecule has 0 aromatic rings. The second-order valence-electron chi connectivity index (χ2n) is 15.7. The van der Waals surface area contributed by atoms with Crippen molar-refractivity contribution in [3.8, 4) is 0 Å². The second kappa shape index (κ2) is 15.9. The SMILES string of the molecule is CO[C@]1(C)C[C@@H](C)CN(C)[C@H](C(=O)N2CCN(C(C)C)CC2)[C@H](C)OC(=O)C(C)(C)C(=O)[C@H](C)[C@H]1O[C@@H]1O[C@H](C)C[C@H](N(C)C)[C@H]1O. The Morgan fingerprint density at radius 2 is 1.64 bits per heavy atom. The number of ether oxygens (including phenoxy) is 4. The van der Waals surface area contributed by atoms with Crippen molar-refractivity contribution in [3.63, 3.8) is 0 Å². The zero-order valence-electron chi connectivity index (χ0n) is 31.3. The Hall–Kier alpha value is -1.67. The maximum absolute atomic E-state index is 14.3. The number of methoxy groups -OCH3 is 1. The first-order chi connectivity index (χ1) is 21.7. The van der Waals surface area contributed by atoms with Crippen LogP contribution in [0.2, 0.25) is 0 Å². The molecule has 0 radical (unpaired) electrons. The van der Waals surface area contributed by atoms with Gasteiger partial charge in [0.05, 0.1) is 17.8 Å². The monoisotopic (exact) mass is 668 g/mol. The van der Waals surface area contributed by atoms with Crippen LogP contribution < -0.4 is 0 Å². The predicted octanol–water partition coefficient (Wildman–Crippen LogP) is 2.26. The molecule has 3 heterocycles. The molecule has 1 N–H and O–H groups in total. The van der Waals surface area contributed by atoms with E-state index < -0.39 is 53.5 Å². The van der Waals surface area contributed by atoms with Gasteiger partial charge in [-0.1, -0.05) is 13.8 Å². The fourth-order valence-electron chi connectivity index (χ4n) is 7.85. The molecular weight excluding hydrogens is 604 g/mol. The summed E-state index contributed by atoms with van der Waals surface area (Å²) in [5, 5.41) is 11.3. The summed E-state index contributed by atoms with van der Waals surface area (Å²) >= 11 is 0. The summed E-state index contributed by atoms with van der Waals surface area (Å²) < 4.78 is 25.0. The van der Waals surface area contributed by atoms with E-state index in [2.05, 4.69) is 25.7 Å². The van der Waals surface area contributed by atoms with Gasteiger partial charge in [-0.15, -0.1) is 0 Å². The number of rotatable bonds is 6. The van der Waals surface area contributed by atoms with Crippen LogP contribution in [0, 0.1) is 17.3 Å². The standard InChI is InChI=1S/C35H64N4O8/c1-21(2)38-14-16-39(17-15-38)31(42)27-25(6)46-33(43)34(7,8)29(41)24(5)30(35(9,44-13)19-22(3)20-37(27)12)47-32-28(40)26(36(10)11)18-23(4)45-32/h21-28,30,32,40H,14-20H2,1-13H3/t22-,23-,24+,25+,26+,27+,28-,30-,32+,35-/m1/s1. The third kappa shape index (κ3) is 8.93. The third-order valence-electron chi connectivity index (χ3n) is 10.8. The van der Waals surface area contributed by atoms with E-state index in [0.29, 0.717) is 38.5 Å². The third-order valence-corrected chi connectivity index (χ3v) is 10.8. The average molecular weight is 669 g/mol. The van der Waals surface area contributed by atoms with Crippen LogP contribution >= 0.6 is 0 Å². The van der Waals surface area contributed by atoms with E-state index in [1.807, 2.05) is 49.7 Å². The molecule has 47 heavy (non-hydrogen) atoms. The number of aliphatic hydroxyl groups excluding tert-OH is 1. The Labute approximate surface area is 283 Å². The number of carbonyl (C=O) groups excluding carboxylic acids is 3. The van der Waals surface area contributed by atoms with Crippen molar-refractivity contribution in [1.82, 2.24) is 19.6 Å². The molecule has 12 heteroatoms. The van der Waals surface area contributed by atoms with Crippen molar-refractivity contribution < 1.29 is 38.4 Å². The van der Waals surface area contributed by atoms with E-state index in [9.17, 15) is 19.5 Å². The summed E-state index contributed by atoms with van der Waals surface area (Å²) in [6.07, 6.45) is -2.73. The van der Waals surface area contributed by atoms with Crippen LogP contribution in [0.3, 0.4) is 0 Å². The molecule has 1 amide bonds. The van der Waals surface area contributed by atoms with Gasteiger partial charge in [-0.3, -0.25) is 24.2 Å². The Kier molecular flexibility index (Phi) is 13.5. The molecule has 3 saturated heterocycles. The molecular formula is C35H64N4O8. The average Bonchev–Trinajstić information content (AvgIpc) is 2.99. The van der Waals surface area contributed by atoms with Gasteiger partial charge in [-0.05, 0) is 88.4 Å². The molecule has 10 atom stereocenters. The van der Waals surface area contributed by atoms with Gasteiger partial charge in [0.2, 0.25) is 5.91 Å². The summed E-state index contributed by atoms with van der Waals surface area (Å²) in [5.41, 5.74) is -2.57. The molecule has 3 aliphatic heterocycles. The Bertz CT molecular complexity index is 1080. The van der Waals surface area contributed by atoms with Gasteiger partial charge in [0.25, 0.3) is 0 Å². The molecule has 12 nitrogen and oxygen atoms in total. The number of Topliss-reactive ketones (excluding diaryl/α,β-unsaturated/α-hetero) is 1. The van der Waals surface area contributed by atoms with E-state index in [1.165, 1.54) is 0 Å². The van der Waals surface area contributed by atoms with E-state index >= 15 is 0 Å². The number of likely N-dealkylation sites (N-methyl/N-ethyl adjacent to an activating group) is 2. The van der Waals surface area contributed by atoms with E-state index in [4.69, 9.17) is 18.9 Å². The quantitative estimate of drug-likeness (QED) is 0.332. The number of esters is 1. The van der Waals surface area contributed by atoms with Gasteiger partial charge in [0.1, 0.15) is 23.7 Å². The van der Waals surface area contributed by atoms with Crippen molar-refractivity contribution in [1.29, 1.82) is 0 Å². The van der Waals surface area contributed by atoms with Gasteiger partial charge < -0.3 is 33.9 Å². The maximum Gasteiger partial charge on any atom is 0.319 e. The highest BCUT2D eigenvalue weighted by molar-refractivity contribution is 6.04. The number of ketones is 1. The molecule has 0 bridgehead atoms. The number of aliphatic hydroxyl groups is 1. The Morgan fingerprint density at radius 1 is 1.04 bits per heavy atom. The smallest absolute Gasteiger partial charge is 0.319 e. The summed E-state index contributed by atoms with van der Waals surface area (Å²) in [5.74, 6) is -2.01. The first kappa shape index (κ1) is 39.8. The highest BCUT2D eigenvalue weighted by atomic mass is 16.7. The van der Waals surface area contributed by atoms with Crippen LogP contribution in [0.1, 0.15) is 75.2 Å². The van der Waals surface area contributed by atoms with Crippen molar-refractivity contribution in [2.45, 2.75) is 130 Å². The highest BCUT2D eigenvalue weighted by Crippen LogP contribution is 2.38. The van der Waals surface area contributed by atoms with Gasteiger partial charge in [-0.25, -0.2) is 0 Å². The minimum Gasteiger partial charge on any atom is -0.460 e. The first-order valence-electron chi connectivity index (χ1n) is 17.4. The van der Waals surface area contributed by atoms with Crippen molar-refractivity contribution in [2.24, 2.45) is 17.3 Å². The molecule has 3 fully saturated rings. The molecule has 0 spiro atoms. The molecule has 0 saturated carbocycles. The van der Waals surface area contributed by atoms with Gasteiger partial charge >= 0.3 is 5.97 Å². The van der Waals surface area contributed by atoms with E-state index in [0.717, 1.165) is 13.1 Å². The topological polar surface area (TPSA) is 121 Å². The molecule has 0 aliphatic carbocycles. The fourth-order valence-corrected chi connectivity index (χ4v) is 7.85. The number of hydrogen-bond donors (Lipinski definition) is 1. The highest BCUT2D eigenvalue weighted by Gasteiger charge is 2.52. The minimum atomic E-state index is -1.55. The minimum absolute atomic E-state index is 0.0197. The first-order valence-corrected chi connectivity index (χ1v) is 17.4. The second-order valence-corrected chi connectivity index (χ2v) is 15.7. The lowest BCUT2D eigenvalue weighted by atomic mass is 9.74. The molecule has 0 unspecified atom stereocenters. The molecule has 3 rings (SSSR count). The number of carbonyl (C=O) groups is 3.